The van der Waals surface area contributed by atoms with Crippen LogP contribution in [-0.2, 0) is 86.2 Å². The highest BCUT2D eigenvalue weighted by molar-refractivity contribution is 8.01. The lowest BCUT2D eigenvalue weighted by Crippen LogP contribution is -2.54. The van der Waals surface area contributed by atoms with Crippen molar-refractivity contribution in [2.24, 2.45) is 0 Å². The van der Waals surface area contributed by atoms with Crippen LogP contribution in [0, 0.1) is 0 Å². The van der Waals surface area contributed by atoms with E-state index in [4.69, 9.17) is 28.4 Å². The summed E-state index contributed by atoms with van der Waals surface area (Å²) in [7, 11) is 0. The molecule has 100 heavy (non-hydrogen) atoms. The van der Waals surface area contributed by atoms with Crippen molar-refractivity contribution < 1.29 is 77.0 Å². The van der Waals surface area contributed by atoms with E-state index in [9.17, 15) is 58.2 Å². The van der Waals surface area contributed by atoms with Gasteiger partial charge in [-0.1, -0.05) is 24.3 Å². The minimum absolute atomic E-state index is 0.00185. The van der Waals surface area contributed by atoms with Gasteiger partial charge in [-0.3, -0.25) is 49.4 Å². The zero-order valence-corrected chi connectivity index (χ0v) is 57.9. The Balaban J connectivity index is 0.585. The molecular formula is C66H88N14O18S2. The van der Waals surface area contributed by atoms with Crippen molar-refractivity contribution in [3.63, 3.8) is 0 Å². The van der Waals surface area contributed by atoms with Crippen molar-refractivity contribution >= 4 is 93.2 Å². The van der Waals surface area contributed by atoms with Gasteiger partial charge in [-0.05, 0) is 100 Å². The summed E-state index contributed by atoms with van der Waals surface area (Å²) in [6.07, 6.45) is 4.53. The van der Waals surface area contributed by atoms with E-state index in [1.54, 1.807) is 96.3 Å². The van der Waals surface area contributed by atoms with Gasteiger partial charge in [-0.15, -0.1) is 23.5 Å². The number of aromatic nitrogens is 6. The Labute approximate surface area is 584 Å². The maximum absolute atomic E-state index is 13.8. The molecule has 2 fully saturated rings. The topological polar surface area (TPSA) is 408 Å². The van der Waals surface area contributed by atoms with Crippen LogP contribution in [0.4, 0.5) is 0 Å². The highest BCUT2D eigenvalue weighted by Crippen LogP contribution is 2.34. The number of hydrogen-bond acceptors (Lipinski definition) is 22. The third kappa shape index (κ3) is 22.5. The molecule has 0 unspecified atom stereocenters. The van der Waals surface area contributed by atoms with Crippen LogP contribution in [0.3, 0.4) is 0 Å². The third-order valence-corrected chi connectivity index (χ3v) is 18.7. The molecule has 4 atom stereocenters. The second-order valence-corrected chi connectivity index (χ2v) is 27.6. The van der Waals surface area contributed by atoms with Gasteiger partial charge in [0, 0.05) is 92.2 Å². The number of carbonyl (C=O) groups excluding carboxylic acids is 6. The predicted molar refractivity (Wildman–Crippen MR) is 371 cm³/mol. The van der Waals surface area contributed by atoms with Crippen LogP contribution in [0.1, 0.15) is 64.5 Å². The maximum atomic E-state index is 13.8. The first kappa shape index (κ1) is 77.2. The van der Waals surface area contributed by atoms with E-state index in [2.05, 4.69) is 52.6 Å². The first-order chi connectivity index (χ1) is 48.1. The monoisotopic (exact) mass is 1430 g/mol. The number of benzene rings is 2. The van der Waals surface area contributed by atoms with Crippen molar-refractivity contribution in [1.82, 2.24) is 65.6 Å². The number of pyridine rings is 2. The molecule has 6 aromatic rings. The molecule has 10 N–H and O–H groups in total. The van der Waals surface area contributed by atoms with Crippen molar-refractivity contribution in [2.45, 2.75) is 106 Å². The Morgan fingerprint density at radius 2 is 0.960 bits per heavy atom. The summed E-state index contributed by atoms with van der Waals surface area (Å²) in [5, 5.41) is 39.7. The van der Waals surface area contributed by atoms with Gasteiger partial charge in [0.25, 0.3) is 5.91 Å². The molecule has 2 aromatic carbocycles. The number of carboxylic acids is 2. The number of carboxylic acid groups (broad SMARTS) is 2. The SMILES string of the molecule is CC1(C)SCN[C@@H]1C(=O)N[C@@H](Cc1ccc(-n2c(=O)n(CC(=O)NCCOCCOCCC(=O)NCCCOCCOCCCNC(=O)CCOCCOCC(=O)Nn3c(=O)n(-c4ccc(C[C@H](NC(=O)[C@H]5NCSC5(C)C)C(=O)O)cc4)c4ncccc43)c3cccnc32)cc1)C(=O)O. The van der Waals surface area contributed by atoms with Crippen molar-refractivity contribution in [3.8, 4) is 11.4 Å². The highest BCUT2D eigenvalue weighted by atomic mass is 32.2. The predicted octanol–water partition coefficient (Wildman–Crippen LogP) is 0.573. The van der Waals surface area contributed by atoms with Gasteiger partial charge in [0.2, 0.25) is 29.5 Å². The minimum Gasteiger partial charge on any atom is -0.480 e. The molecule has 2 saturated heterocycles. The van der Waals surface area contributed by atoms with Gasteiger partial charge in [0.1, 0.15) is 42.8 Å². The van der Waals surface area contributed by atoms with E-state index in [1.807, 2.05) is 27.7 Å². The second kappa shape index (κ2) is 38.3. The smallest absolute Gasteiger partial charge is 0.354 e. The first-order valence-electron chi connectivity index (χ1n) is 32.8. The molecule has 0 radical (unpaired) electrons. The molecule has 8 rings (SSSR count). The molecule has 0 bridgehead atoms. The second-order valence-electron chi connectivity index (χ2n) is 24.4. The Bertz CT molecular complexity index is 3880. The fourth-order valence-electron chi connectivity index (χ4n) is 10.8. The van der Waals surface area contributed by atoms with Crippen molar-refractivity contribution in [3.05, 3.63) is 117 Å². The molecule has 0 aliphatic carbocycles. The van der Waals surface area contributed by atoms with Crippen LogP contribution >= 0.6 is 23.5 Å². The molecule has 0 spiro atoms. The van der Waals surface area contributed by atoms with Crippen LogP contribution in [0.15, 0.2) is 94.8 Å². The molecule has 32 nitrogen and oxygen atoms in total. The number of amides is 6. The third-order valence-electron chi connectivity index (χ3n) is 16.1. The molecule has 6 amide bonds. The number of carbonyl (C=O) groups is 8. The summed E-state index contributed by atoms with van der Waals surface area (Å²) in [6, 6.07) is 16.4. The Morgan fingerprint density at radius 1 is 0.530 bits per heavy atom. The summed E-state index contributed by atoms with van der Waals surface area (Å²) in [6.45, 7) is 10.7. The molecule has 542 valence electrons. The van der Waals surface area contributed by atoms with Gasteiger partial charge in [-0.2, -0.15) is 4.68 Å². The van der Waals surface area contributed by atoms with Gasteiger partial charge < -0.3 is 65.2 Å². The van der Waals surface area contributed by atoms with Gasteiger partial charge in [0.15, 0.2) is 11.3 Å². The zero-order chi connectivity index (χ0) is 71.6. The summed E-state index contributed by atoms with van der Waals surface area (Å²) >= 11 is 3.16. The van der Waals surface area contributed by atoms with Crippen LogP contribution in [-0.4, -0.2) is 230 Å². The first-order valence-corrected chi connectivity index (χ1v) is 34.8. The van der Waals surface area contributed by atoms with E-state index < -0.39 is 81.3 Å². The average molecular weight is 1430 g/mol. The van der Waals surface area contributed by atoms with Gasteiger partial charge in [0.05, 0.1) is 76.4 Å². The molecule has 2 aliphatic rings. The number of hydrogen-bond donors (Lipinski definition) is 10. The fourth-order valence-corrected chi connectivity index (χ4v) is 12.8. The van der Waals surface area contributed by atoms with E-state index in [0.717, 1.165) is 4.68 Å². The lowest BCUT2D eigenvalue weighted by atomic mass is 10.0. The number of nitrogens with one attached hydrogen (secondary N) is 8. The molecule has 6 heterocycles. The molecule has 0 saturated carbocycles. The average Bonchev–Trinajstić information content (AvgIpc) is 1.62. The summed E-state index contributed by atoms with van der Waals surface area (Å²) in [5.41, 5.74) is 4.88. The Kier molecular flexibility index (Phi) is 29.5. The molecule has 4 aromatic heterocycles. The van der Waals surface area contributed by atoms with E-state index in [1.165, 1.54) is 26.1 Å². The van der Waals surface area contributed by atoms with E-state index >= 15 is 0 Å². The normalized spacial score (nSPS) is 16.0. The summed E-state index contributed by atoms with van der Waals surface area (Å²) in [5.74, 6) is -3.39. The van der Waals surface area contributed by atoms with Crippen LogP contribution in [0.25, 0.3) is 33.7 Å². The van der Waals surface area contributed by atoms with Gasteiger partial charge in [-0.25, -0.2) is 38.3 Å². The number of aliphatic carboxylic acids is 2. The number of fused-ring (bicyclic) bond motifs is 2. The zero-order valence-electron chi connectivity index (χ0n) is 56.3. The van der Waals surface area contributed by atoms with E-state index in [0.29, 0.717) is 103 Å². The van der Waals surface area contributed by atoms with Crippen LogP contribution in [0.5, 0.6) is 0 Å². The number of nitrogens with zero attached hydrogens (tertiary/aromatic N) is 6. The lowest BCUT2D eigenvalue weighted by Gasteiger charge is -2.26. The Hall–Kier alpha value is -8.58. The number of ether oxygens (including phenoxy) is 6. The van der Waals surface area contributed by atoms with E-state index in [-0.39, 0.29) is 108 Å². The van der Waals surface area contributed by atoms with Gasteiger partial charge >= 0.3 is 23.3 Å². The molecular weight excluding hydrogens is 1340 g/mol. The van der Waals surface area contributed by atoms with Crippen molar-refractivity contribution in [1.29, 1.82) is 0 Å². The largest absolute Gasteiger partial charge is 0.480 e. The number of thioether (sulfide) groups is 2. The van der Waals surface area contributed by atoms with Crippen LogP contribution in [0.2, 0.25) is 0 Å². The maximum Gasteiger partial charge on any atom is 0.354 e. The number of imidazole rings is 2. The highest BCUT2D eigenvalue weighted by Gasteiger charge is 2.42. The quantitative estimate of drug-likeness (QED) is 0.0234. The number of rotatable bonds is 43. The van der Waals surface area contributed by atoms with Crippen molar-refractivity contribution in [2.75, 3.05) is 116 Å². The fraction of sp³-hybridized carbons (Fsp3) is 0.515. The molecule has 34 heteroatoms. The summed E-state index contributed by atoms with van der Waals surface area (Å²) < 4.78 is 37.5. The Morgan fingerprint density at radius 3 is 1.43 bits per heavy atom. The summed E-state index contributed by atoms with van der Waals surface area (Å²) in [4.78, 5) is 137. The molecule has 2 aliphatic heterocycles. The lowest BCUT2D eigenvalue weighted by molar-refractivity contribution is -0.142. The standard InChI is InChI=1S/C66H88N14O18S2/c1-65(2)55(72-41-99-65)59(85)74-47(61(87)88)37-43-11-15-45(16-12-43)78-57-49(9-5-21-70-57)77(63(78)91)39-53(83)69-25-30-97-34-33-95-28-19-51(81)67-23-7-26-93-31-32-94-27-8-24-68-52(82)20-29-96-35-36-98-40-54(84)76-80-50-10-6-22-71-58(50)79(64(80)92)46-17-13-44(14-18-46)38-48(62(89)90)75-60(86)56-66(3,4)100-42-73-56/h5-6,9-18,21-22,47-48,55-56,72-73H,7-8,19-20,23-42H2,1-4H3,(H,67,81)(H,68,82)(H,69,83)(H,74,85)(H,75,86)(H,76,84)(H,87,88)(H,89,90)/t47-,48-,55+,56+/m0/s1. The minimum atomic E-state index is -1.18. The van der Waals surface area contributed by atoms with Crippen LogP contribution < -0.4 is 54.0 Å².